The highest BCUT2D eigenvalue weighted by molar-refractivity contribution is 5.98. The van der Waals surface area contributed by atoms with Crippen molar-refractivity contribution in [1.82, 2.24) is 29.9 Å². The van der Waals surface area contributed by atoms with Crippen LogP contribution in [0.5, 0.6) is 0 Å². The van der Waals surface area contributed by atoms with E-state index in [1.165, 1.54) is 29.3 Å². The van der Waals surface area contributed by atoms with Crippen LogP contribution in [0, 0.1) is 11.7 Å². The Morgan fingerprint density at radius 1 is 1.09 bits per heavy atom. The monoisotopic (exact) mass is 447 g/mol. The van der Waals surface area contributed by atoms with Crippen LogP contribution in [-0.2, 0) is 6.18 Å². The maximum atomic E-state index is 14.0. The number of rotatable bonds is 4. The van der Waals surface area contributed by atoms with E-state index in [1.807, 2.05) is 0 Å². The first-order valence-electron chi connectivity index (χ1n) is 9.92. The summed E-state index contributed by atoms with van der Waals surface area (Å²) in [6.45, 7) is 0.517. The number of carbonyl (C=O) groups excluding carboxylic acids is 1. The predicted octanol–water partition coefficient (Wildman–Crippen LogP) is 2.93. The lowest BCUT2D eigenvalue weighted by atomic mass is 10.0. The van der Waals surface area contributed by atoms with Crippen molar-refractivity contribution in [3.63, 3.8) is 0 Å². The van der Waals surface area contributed by atoms with Gasteiger partial charge in [-0.2, -0.15) is 28.2 Å². The zero-order valence-corrected chi connectivity index (χ0v) is 16.5. The number of alkyl halides is 3. The van der Waals surface area contributed by atoms with Crippen molar-refractivity contribution < 1.29 is 22.4 Å². The molecule has 32 heavy (non-hydrogen) atoms. The van der Waals surface area contributed by atoms with E-state index in [0.29, 0.717) is 18.4 Å². The number of likely N-dealkylation sites (tertiary alicyclic amines) is 1. The SMILES string of the molecule is O=C(c1cc(F)ccc1-n1nccn1)N1C[C@@H]2C[C@@H](Nc3cnc(C(F)(F)F)cn3)[C@@H]1C2. The van der Waals surface area contributed by atoms with Crippen molar-refractivity contribution in [3.05, 3.63) is 60.1 Å². The zero-order chi connectivity index (χ0) is 22.5. The average Bonchev–Trinajstić information content (AvgIpc) is 3.50. The van der Waals surface area contributed by atoms with Crippen molar-refractivity contribution in [3.8, 4) is 5.69 Å². The standard InChI is InChI=1S/C20H17F4N7O/c21-12-1-2-15(31-27-3-4-28-31)13(7-12)19(32)30-10-11-5-14(16(30)6-11)29-18-9-25-17(8-26-18)20(22,23)24/h1-4,7-9,11,14,16H,5-6,10H2,(H,26,29)/t11-,14-,16+/m1/s1. The third-order valence-corrected chi connectivity index (χ3v) is 5.84. The Hall–Kier alpha value is -3.57. The van der Waals surface area contributed by atoms with E-state index in [1.54, 1.807) is 4.90 Å². The van der Waals surface area contributed by atoms with E-state index in [4.69, 9.17) is 0 Å². The summed E-state index contributed by atoms with van der Waals surface area (Å²) in [6.07, 6.45) is 1.55. The maximum absolute atomic E-state index is 14.0. The van der Waals surface area contributed by atoms with Gasteiger partial charge in [0.1, 0.15) is 11.6 Å². The maximum Gasteiger partial charge on any atom is 0.434 e. The summed E-state index contributed by atoms with van der Waals surface area (Å²) < 4.78 is 52.1. The molecule has 1 aliphatic carbocycles. The van der Waals surface area contributed by atoms with Crippen molar-refractivity contribution in [2.45, 2.75) is 31.1 Å². The first kappa shape index (κ1) is 20.3. The van der Waals surface area contributed by atoms with Crippen LogP contribution >= 0.6 is 0 Å². The first-order valence-corrected chi connectivity index (χ1v) is 9.92. The summed E-state index contributed by atoms with van der Waals surface area (Å²) >= 11 is 0. The van der Waals surface area contributed by atoms with Gasteiger partial charge in [-0.25, -0.2) is 14.4 Å². The number of piperidine rings is 1. The Bertz CT molecular complexity index is 1130. The van der Waals surface area contributed by atoms with E-state index < -0.39 is 17.7 Å². The fourth-order valence-corrected chi connectivity index (χ4v) is 4.50. The summed E-state index contributed by atoms with van der Waals surface area (Å²) in [5.74, 6) is -0.476. The van der Waals surface area contributed by atoms with Gasteiger partial charge in [0.2, 0.25) is 0 Å². The number of benzene rings is 1. The lowest BCUT2D eigenvalue weighted by molar-refractivity contribution is -0.141. The highest BCUT2D eigenvalue weighted by Gasteiger charge is 2.47. The zero-order valence-electron chi connectivity index (χ0n) is 16.5. The number of amides is 1. The summed E-state index contributed by atoms with van der Waals surface area (Å²) in [6, 6.07) is 3.43. The van der Waals surface area contributed by atoms with Crippen LogP contribution in [0.1, 0.15) is 28.9 Å². The molecule has 2 aromatic heterocycles. The Morgan fingerprint density at radius 2 is 1.88 bits per heavy atom. The van der Waals surface area contributed by atoms with Crippen molar-refractivity contribution >= 4 is 11.7 Å². The van der Waals surface area contributed by atoms with Crippen LogP contribution in [0.2, 0.25) is 0 Å². The van der Waals surface area contributed by atoms with Crippen LogP contribution in [-0.4, -0.2) is 54.4 Å². The van der Waals surface area contributed by atoms with Crippen LogP contribution < -0.4 is 5.32 Å². The second-order valence-corrected chi connectivity index (χ2v) is 7.88. The molecule has 3 atom stereocenters. The van der Waals surface area contributed by atoms with Crippen LogP contribution in [0.25, 0.3) is 5.69 Å². The predicted molar refractivity (Wildman–Crippen MR) is 103 cm³/mol. The molecular formula is C20H17F4N7O. The molecule has 1 saturated heterocycles. The molecule has 1 aliphatic heterocycles. The fraction of sp³-hybridized carbons (Fsp3) is 0.350. The minimum absolute atomic E-state index is 0.141. The molecule has 1 amide bonds. The van der Waals surface area contributed by atoms with Crippen LogP contribution in [0.3, 0.4) is 0 Å². The van der Waals surface area contributed by atoms with Crippen molar-refractivity contribution in [2.75, 3.05) is 11.9 Å². The van der Waals surface area contributed by atoms with Gasteiger partial charge in [-0.15, -0.1) is 0 Å². The number of carbonyl (C=O) groups is 1. The molecule has 2 aliphatic rings. The number of nitrogens with zero attached hydrogens (tertiary/aromatic N) is 6. The number of fused-ring (bicyclic) bond motifs is 2. The molecule has 5 rings (SSSR count). The molecule has 1 aromatic carbocycles. The number of hydrogen-bond acceptors (Lipinski definition) is 6. The molecule has 2 bridgehead atoms. The van der Waals surface area contributed by atoms with Gasteiger partial charge in [0.05, 0.1) is 42.1 Å². The van der Waals surface area contributed by atoms with Crippen LogP contribution in [0.15, 0.2) is 43.0 Å². The van der Waals surface area contributed by atoms with E-state index >= 15 is 0 Å². The Kier molecular flexibility index (Phi) is 4.79. The molecule has 2 fully saturated rings. The summed E-state index contributed by atoms with van der Waals surface area (Å²) in [5, 5.41) is 11.2. The molecule has 12 heteroatoms. The van der Waals surface area contributed by atoms with Gasteiger partial charge < -0.3 is 10.2 Å². The number of hydrogen-bond donors (Lipinski definition) is 1. The largest absolute Gasteiger partial charge is 0.434 e. The van der Waals surface area contributed by atoms with Gasteiger partial charge in [0.25, 0.3) is 5.91 Å². The average molecular weight is 447 g/mol. The molecule has 3 aromatic rings. The Balaban J connectivity index is 1.37. The Morgan fingerprint density at radius 3 is 2.53 bits per heavy atom. The van der Waals surface area contributed by atoms with Gasteiger partial charge in [-0.05, 0) is 37.0 Å². The van der Waals surface area contributed by atoms with Crippen molar-refractivity contribution in [1.29, 1.82) is 0 Å². The van der Waals surface area contributed by atoms with E-state index in [-0.39, 0.29) is 35.3 Å². The van der Waals surface area contributed by atoms with Crippen molar-refractivity contribution in [2.24, 2.45) is 5.92 Å². The van der Waals surface area contributed by atoms with Gasteiger partial charge in [-0.1, -0.05) is 0 Å². The normalized spacial score (nSPS) is 22.4. The fourth-order valence-electron chi connectivity index (χ4n) is 4.50. The molecule has 1 N–H and O–H groups in total. The quantitative estimate of drug-likeness (QED) is 0.619. The number of nitrogens with one attached hydrogen (secondary N) is 1. The van der Waals surface area contributed by atoms with Crippen LogP contribution in [0.4, 0.5) is 23.4 Å². The second kappa shape index (κ2) is 7.53. The van der Waals surface area contributed by atoms with E-state index in [9.17, 15) is 22.4 Å². The molecule has 0 radical (unpaired) electrons. The molecule has 0 unspecified atom stereocenters. The number of aromatic nitrogens is 5. The van der Waals surface area contributed by atoms with E-state index in [0.717, 1.165) is 25.1 Å². The van der Waals surface area contributed by atoms with Gasteiger partial charge in [0, 0.05) is 12.6 Å². The lowest BCUT2D eigenvalue weighted by Gasteiger charge is -2.34. The smallest absolute Gasteiger partial charge is 0.364 e. The molecule has 0 spiro atoms. The minimum Gasteiger partial charge on any atom is -0.364 e. The highest BCUT2D eigenvalue weighted by Crippen LogP contribution is 2.40. The van der Waals surface area contributed by atoms with Gasteiger partial charge in [-0.3, -0.25) is 4.79 Å². The lowest BCUT2D eigenvalue weighted by Crippen LogP contribution is -2.48. The summed E-state index contributed by atoms with van der Waals surface area (Å²) in [4.78, 5) is 23.5. The topological polar surface area (TPSA) is 88.8 Å². The molecule has 1 saturated carbocycles. The highest BCUT2D eigenvalue weighted by atomic mass is 19.4. The molecular weight excluding hydrogens is 430 g/mol. The third kappa shape index (κ3) is 3.65. The molecule has 166 valence electrons. The Labute approximate surface area is 179 Å². The molecule has 3 heterocycles. The first-order chi connectivity index (χ1) is 15.3. The van der Waals surface area contributed by atoms with Gasteiger partial charge in [0.15, 0.2) is 5.69 Å². The minimum atomic E-state index is -4.56. The summed E-state index contributed by atoms with van der Waals surface area (Å²) in [7, 11) is 0. The molecule has 8 nitrogen and oxygen atoms in total. The van der Waals surface area contributed by atoms with E-state index in [2.05, 4.69) is 25.5 Å². The summed E-state index contributed by atoms with van der Waals surface area (Å²) in [5.41, 5.74) is -0.567. The second-order valence-electron chi connectivity index (χ2n) is 7.88. The third-order valence-electron chi connectivity index (χ3n) is 5.84. The number of anilines is 1. The number of halogens is 4. The van der Waals surface area contributed by atoms with Gasteiger partial charge >= 0.3 is 6.18 Å².